The maximum Gasteiger partial charge on any atom is 0.205 e. The van der Waals surface area contributed by atoms with Crippen LogP contribution in [0.15, 0.2) is 22.7 Å². The summed E-state index contributed by atoms with van der Waals surface area (Å²) in [6.45, 7) is 7.81. The second-order valence-corrected chi connectivity index (χ2v) is 7.03. The van der Waals surface area contributed by atoms with Crippen molar-refractivity contribution in [1.29, 1.82) is 0 Å². The number of benzene rings is 1. The van der Waals surface area contributed by atoms with Gasteiger partial charge in [0.1, 0.15) is 12.4 Å². The van der Waals surface area contributed by atoms with Gasteiger partial charge in [-0.05, 0) is 36.1 Å². The van der Waals surface area contributed by atoms with Crippen LogP contribution < -0.4 is 10.1 Å². The SMILES string of the molecule is CCCNc1nnc(COc2ccc(Br)cc2C(C)C)s1. The number of halogens is 1. The Balaban J connectivity index is 2.01. The van der Waals surface area contributed by atoms with Gasteiger partial charge in [-0.3, -0.25) is 0 Å². The molecule has 1 aromatic heterocycles. The molecule has 0 spiro atoms. The van der Waals surface area contributed by atoms with E-state index in [0.717, 1.165) is 33.3 Å². The van der Waals surface area contributed by atoms with E-state index >= 15 is 0 Å². The molecule has 0 saturated heterocycles. The number of aromatic nitrogens is 2. The third-order valence-corrected chi connectivity index (χ3v) is 4.29. The fourth-order valence-corrected chi connectivity index (χ4v) is 2.91. The molecule has 0 aliphatic rings. The van der Waals surface area contributed by atoms with Crippen LogP contribution >= 0.6 is 27.3 Å². The smallest absolute Gasteiger partial charge is 0.205 e. The van der Waals surface area contributed by atoms with Crippen LogP contribution in [0.1, 0.15) is 43.7 Å². The zero-order chi connectivity index (χ0) is 15.2. The minimum atomic E-state index is 0.411. The van der Waals surface area contributed by atoms with E-state index in [-0.39, 0.29) is 0 Å². The molecule has 2 aromatic rings. The number of nitrogens with zero attached hydrogens (tertiary/aromatic N) is 2. The Labute approximate surface area is 138 Å². The van der Waals surface area contributed by atoms with E-state index in [4.69, 9.17) is 4.74 Å². The maximum atomic E-state index is 5.92. The molecule has 0 bridgehead atoms. The fourth-order valence-electron chi connectivity index (χ4n) is 1.86. The van der Waals surface area contributed by atoms with Crippen molar-refractivity contribution in [2.45, 2.75) is 39.7 Å². The Bertz CT molecular complexity index is 586. The van der Waals surface area contributed by atoms with Crippen LogP contribution in [-0.2, 0) is 6.61 Å². The zero-order valence-electron chi connectivity index (χ0n) is 12.5. The van der Waals surface area contributed by atoms with Crippen molar-refractivity contribution in [3.63, 3.8) is 0 Å². The van der Waals surface area contributed by atoms with Gasteiger partial charge in [-0.15, -0.1) is 10.2 Å². The molecule has 1 heterocycles. The molecule has 1 N–H and O–H groups in total. The molecule has 0 radical (unpaired) electrons. The highest BCUT2D eigenvalue weighted by molar-refractivity contribution is 9.10. The molecular weight excluding hydrogens is 350 g/mol. The summed E-state index contributed by atoms with van der Waals surface area (Å²) in [5, 5.41) is 13.2. The van der Waals surface area contributed by atoms with E-state index in [1.165, 1.54) is 5.56 Å². The van der Waals surface area contributed by atoms with Gasteiger partial charge in [-0.1, -0.05) is 48.0 Å². The lowest BCUT2D eigenvalue weighted by Crippen LogP contribution is -1.99. The van der Waals surface area contributed by atoms with Gasteiger partial charge in [0.15, 0.2) is 5.01 Å². The highest BCUT2D eigenvalue weighted by Crippen LogP contribution is 2.30. The van der Waals surface area contributed by atoms with E-state index in [9.17, 15) is 0 Å². The lowest BCUT2D eigenvalue weighted by molar-refractivity contribution is 0.300. The number of ether oxygens (including phenoxy) is 1. The normalized spacial score (nSPS) is 10.9. The highest BCUT2D eigenvalue weighted by atomic mass is 79.9. The molecule has 0 aliphatic carbocycles. The van der Waals surface area contributed by atoms with E-state index in [1.54, 1.807) is 11.3 Å². The summed E-state index contributed by atoms with van der Waals surface area (Å²) in [6, 6.07) is 6.10. The van der Waals surface area contributed by atoms with Crippen molar-refractivity contribution < 1.29 is 4.74 Å². The molecule has 4 nitrogen and oxygen atoms in total. The number of hydrogen-bond donors (Lipinski definition) is 1. The predicted molar refractivity (Wildman–Crippen MR) is 91.3 cm³/mol. The van der Waals surface area contributed by atoms with Crippen LogP contribution in [0.25, 0.3) is 0 Å². The predicted octanol–water partition coefficient (Wildman–Crippen LogP) is 4.82. The van der Waals surface area contributed by atoms with Crippen molar-refractivity contribution in [1.82, 2.24) is 10.2 Å². The molecule has 0 atom stereocenters. The Kier molecular flexibility index (Phi) is 5.99. The largest absolute Gasteiger partial charge is 0.486 e. The third kappa shape index (κ3) is 4.68. The molecule has 114 valence electrons. The van der Waals surface area contributed by atoms with Gasteiger partial charge in [-0.25, -0.2) is 0 Å². The van der Waals surface area contributed by atoms with Crippen LogP contribution in [0.4, 0.5) is 5.13 Å². The van der Waals surface area contributed by atoms with Gasteiger partial charge in [0.05, 0.1) is 0 Å². The van der Waals surface area contributed by atoms with Crippen molar-refractivity contribution in [2.24, 2.45) is 0 Å². The summed E-state index contributed by atoms with van der Waals surface area (Å²) in [4.78, 5) is 0. The minimum absolute atomic E-state index is 0.411. The first-order valence-corrected chi connectivity index (χ1v) is 8.69. The molecule has 0 fully saturated rings. The minimum Gasteiger partial charge on any atom is -0.486 e. The quantitative estimate of drug-likeness (QED) is 0.759. The molecule has 1 aromatic carbocycles. The van der Waals surface area contributed by atoms with E-state index < -0.39 is 0 Å². The average molecular weight is 370 g/mol. The summed E-state index contributed by atoms with van der Waals surface area (Å²) < 4.78 is 6.99. The van der Waals surface area contributed by atoms with Crippen LogP contribution in [0, 0.1) is 0 Å². The Hall–Kier alpha value is -1.14. The molecule has 21 heavy (non-hydrogen) atoms. The molecule has 6 heteroatoms. The molecular formula is C15H20BrN3OS. The van der Waals surface area contributed by atoms with Gasteiger partial charge in [0.25, 0.3) is 0 Å². The standard InChI is InChI=1S/C15H20BrN3OS/c1-4-7-17-15-19-18-14(21-15)9-20-13-6-5-11(16)8-12(13)10(2)3/h5-6,8,10H,4,7,9H2,1-3H3,(H,17,19). The average Bonchev–Trinajstić information content (AvgIpc) is 2.91. The van der Waals surface area contributed by atoms with Gasteiger partial charge in [-0.2, -0.15) is 0 Å². The summed E-state index contributed by atoms with van der Waals surface area (Å²) in [6.07, 6.45) is 1.07. The van der Waals surface area contributed by atoms with E-state index in [2.05, 4.69) is 58.3 Å². The maximum absolute atomic E-state index is 5.92. The lowest BCUT2D eigenvalue weighted by Gasteiger charge is -2.13. The van der Waals surface area contributed by atoms with Crippen molar-refractivity contribution in [3.8, 4) is 5.75 Å². The first-order valence-electron chi connectivity index (χ1n) is 7.08. The summed E-state index contributed by atoms with van der Waals surface area (Å²) in [5.74, 6) is 1.32. The van der Waals surface area contributed by atoms with Crippen molar-refractivity contribution in [2.75, 3.05) is 11.9 Å². The topological polar surface area (TPSA) is 47.0 Å². The molecule has 0 saturated carbocycles. The summed E-state index contributed by atoms with van der Waals surface area (Å²) >= 11 is 5.05. The Morgan fingerprint density at radius 3 is 2.86 bits per heavy atom. The monoisotopic (exact) mass is 369 g/mol. The summed E-state index contributed by atoms with van der Waals surface area (Å²) in [7, 11) is 0. The highest BCUT2D eigenvalue weighted by Gasteiger charge is 2.10. The fraction of sp³-hybridized carbons (Fsp3) is 0.467. The van der Waals surface area contributed by atoms with Gasteiger partial charge in [0.2, 0.25) is 5.13 Å². The van der Waals surface area contributed by atoms with Crippen LogP contribution in [-0.4, -0.2) is 16.7 Å². The molecule has 0 amide bonds. The second kappa shape index (κ2) is 7.75. The first kappa shape index (κ1) is 16.2. The Morgan fingerprint density at radius 1 is 1.33 bits per heavy atom. The number of anilines is 1. The van der Waals surface area contributed by atoms with Crippen LogP contribution in [0.2, 0.25) is 0 Å². The Morgan fingerprint density at radius 2 is 2.14 bits per heavy atom. The molecule has 0 unspecified atom stereocenters. The third-order valence-electron chi connectivity index (χ3n) is 2.94. The zero-order valence-corrected chi connectivity index (χ0v) is 14.9. The molecule has 2 rings (SSSR count). The van der Waals surface area contributed by atoms with Crippen molar-refractivity contribution in [3.05, 3.63) is 33.2 Å². The van der Waals surface area contributed by atoms with Gasteiger partial charge in [0, 0.05) is 11.0 Å². The van der Waals surface area contributed by atoms with E-state index in [1.807, 2.05) is 12.1 Å². The lowest BCUT2D eigenvalue weighted by atomic mass is 10.0. The second-order valence-electron chi connectivity index (χ2n) is 5.05. The van der Waals surface area contributed by atoms with Gasteiger partial charge >= 0.3 is 0 Å². The van der Waals surface area contributed by atoms with Gasteiger partial charge < -0.3 is 10.1 Å². The first-order chi connectivity index (χ1) is 10.1. The summed E-state index contributed by atoms with van der Waals surface area (Å²) in [5.41, 5.74) is 1.19. The number of rotatable bonds is 7. The van der Waals surface area contributed by atoms with Crippen LogP contribution in [0.3, 0.4) is 0 Å². The molecule has 0 aliphatic heterocycles. The van der Waals surface area contributed by atoms with E-state index in [0.29, 0.717) is 12.5 Å². The van der Waals surface area contributed by atoms with Crippen LogP contribution in [0.5, 0.6) is 5.75 Å². The number of nitrogens with one attached hydrogen (secondary N) is 1. The number of hydrogen-bond acceptors (Lipinski definition) is 5. The van der Waals surface area contributed by atoms with Crippen molar-refractivity contribution >= 4 is 32.4 Å².